The summed E-state index contributed by atoms with van der Waals surface area (Å²) >= 11 is 0. The monoisotopic (exact) mass is 422 g/mol. The summed E-state index contributed by atoms with van der Waals surface area (Å²) in [6.45, 7) is 6.82. The molecule has 9 heteroatoms. The number of carbonyl (C=O) groups is 1. The van der Waals surface area contributed by atoms with Crippen LogP contribution in [-0.2, 0) is 12.1 Å². The summed E-state index contributed by atoms with van der Waals surface area (Å²) in [6, 6.07) is 5.44. The highest BCUT2D eigenvalue weighted by molar-refractivity contribution is 5.93. The summed E-state index contributed by atoms with van der Waals surface area (Å²) in [4.78, 5) is 27.0. The molecule has 1 amide bonds. The number of fused-ring (bicyclic) bond motifs is 2. The zero-order valence-electron chi connectivity index (χ0n) is 17.8. The summed E-state index contributed by atoms with van der Waals surface area (Å²) in [5.41, 5.74) is 3.07. The molecule has 0 aromatic carbocycles. The molecule has 5 rings (SSSR count). The predicted octanol–water partition coefficient (Wildman–Crippen LogP) is 3.65. The molecule has 0 aliphatic carbocycles. The second-order valence-corrected chi connectivity index (χ2v) is 8.41. The topological polar surface area (TPSA) is 92.3 Å². The van der Waals surface area contributed by atoms with Gasteiger partial charge in [0.25, 0.3) is 5.91 Å². The first-order valence-corrected chi connectivity index (χ1v) is 10.2. The van der Waals surface area contributed by atoms with Crippen LogP contribution in [-0.4, -0.2) is 41.9 Å². The zero-order chi connectivity index (χ0) is 21.9. The van der Waals surface area contributed by atoms with Crippen molar-refractivity contribution in [2.24, 2.45) is 0 Å². The molecule has 160 valence electrons. The molecular weight excluding hydrogens is 399 g/mol. The van der Waals surface area contributed by atoms with Gasteiger partial charge in [0, 0.05) is 24.9 Å². The normalized spacial score (nSPS) is 16.7. The molecule has 1 N–H and O–H groups in total. The van der Waals surface area contributed by atoms with Gasteiger partial charge in [-0.15, -0.1) is 0 Å². The Labute approximate surface area is 178 Å². The first-order valence-electron chi connectivity index (χ1n) is 10.2. The molecule has 0 radical (unpaired) electrons. The average molecular weight is 422 g/mol. The van der Waals surface area contributed by atoms with E-state index in [0.29, 0.717) is 24.4 Å². The van der Waals surface area contributed by atoms with Gasteiger partial charge in [-0.3, -0.25) is 4.79 Å². The van der Waals surface area contributed by atoms with E-state index in [1.807, 2.05) is 31.3 Å². The number of halogens is 1. The number of hydrogen-bond donors (Lipinski definition) is 1. The second kappa shape index (κ2) is 6.76. The van der Waals surface area contributed by atoms with E-state index in [9.17, 15) is 9.18 Å². The number of aromatic nitrogens is 5. The van der Waals surface area contributed by atoms with Gasteiger partial charge in [0.05, 0.1) is 28.9 Å². The lowest BCUT2D eigenvalue weighted by molar-refractivity contribution is 0.0642. The van der Waals surface area contributed by atoms with E-state index in [-0.39, 0.29) is 17.6 Å². The zero-order valence-corrected chi connectivity index (χ0v) is 17.8. The maximum atomic E-state index is 14.4. The van der Waals surface area contributed by atoms with Gasteiger partial charge in [-0.05, 0) is 45.4 Å². The molecule has 0 spiro atoms. The lowest BCUT2D eigenvalue weighted by atomic mass is 9.99. The number of aryl methyl sites for hydroxylation is 2. The molecule has 0 saturated heterocycles. The van der Waals surface area contributed by atoms with Crippen LogP contribution < -0.4 is 0 Å². The molecule has 0 saturated carbocycles. The van der Waals surface area contributed by atoms with Crippen molar-refractivity contribution in [3.8, 4) is 0 Å². The van der Waals surface area contributed by atoms with Crippen molar-refractivity contribution in [2.45, 2.75) is 45.8 Å². The van der Waals surface area contributed by atoms with E-state index in [0.717, 1.165) is 22.5 Å². The summed E-state index contributed by atoms with van der Waals surface area (Å²) in [7, 11) is 0. The summed E-state index contributed by atoms with van der Waals surface area (Å²) in [5, 5.41) is 4.73. The molecule has 31 heavy (non-hydrogen) atoms. The van der Waals surface area contributed by atoms with Crippen molar-refractivity contribution in [2.75, 3.05) is 6.54 Å². The van der Waals surface area contributed by atoms with E-state index in [2.05, 4.69) is 15.0 Å². The number of nitrogens with one attached hydrogen (secondary N) is 1. The summed E-state index contributed by atoms with van der Waals surface area (Å²) in [5.74, 6) is -0.414. The molecular formula is C22H23FN6O2. The van der Waals surface area contributed by atoms with Gasteiger partial charge in [-0.25, -0.2) is 18.9 Å². The highest BCUT2D eigenvalue weighted by Gasteiger charge is 2.39. The molecule has 1 atom stereocenters. The van der Waals surface area contributed by atoms with Gasteiger partial charge in [0.15, 0.2) is 5.67 Å². The standard InChI is InChI=1S/C22H23FN6O2/c1-12-6-5-8-29-16(12)10-15(27-29)18-17-14(24-11-25-17)7-9-28(18)20(30)19-13(2)26-21(31-19)22(3,4)23/h5-6,8,10-11,18H,7,9H2,1-4H3,(H,24,25)/t18-/m1/s1. The number of alkyl halides is 1. The number of hydrogen-bond acceptors (Lipinski definition) is 5. The average Bonchev–Trinajstić information content (AvgIpc) is 3.44. The van der Waals surface area contributed by atoms with E-state index < -0.39 is 11.7 Å². The Kier molecular flexibility index (Phi) is 4.25. The highest BCUT2D eigenvalue weighted by atomic mass is 19.1. The van der Waals surface area contributed by atoms with Crippen LogP contribution in [0.4, 0.5) is 4.39 Å². The van der Waals surface area contributed by atoms with Crippen molar-refractivity contribution >= 4 is 11.4 Å². The number of rotatable bonds is 3. The molecule has 0 fully saturated rings. The van der Waals surface area contributed by atoms with Gasteiger partial charge in [0.2, 0.25) is 11.7 Å². The minimum atomic E-state index is -1.78. The Balaban J connectivity index is 1.61. The first kappa shape index (κ1) is 19.5. The number of amides is 1. The molecule has 4 aromatic rings. The van der Waals surface area contributed by atoms with Gasteiger partial charge < -0.3 is 14.3 Å². The van der Waals surface area contributed by atoms with Crippen molar-refractivity contribution in [3.05, 3.63) is 70.7 Å². The molecule has 4 aromatic heterocycles. The fourth-order valence-electron chi connectivity index (χ4n) is 4.08. The Bertz CT molecular complexity index is 1300. The van der Waals surface area contributed by atoms with Crippen molar-refractivity contribution in [1.29, 1.82) is 0 Å². The van der Waals surface area contributed by atoms with Crippen LogP contribution in [0.15, 0.2) is 35.1 Å². The van der Waals surface area contributed by atoms with Crippen LogP contribution in [0, 0.1) is 13.8 Å². The van der Waals surface area contributed by atoms with Gasteiger partial charge in [0.1, 0.15) is 6.04 Å². The Hall–Kier alpha value is -3.49. The molecule has 5 heterocycles. The first-order chi connectivity index (χ1) is 14.7. The van der Waals surface area contributed by atoms with Crippen molar-refractivity contribution in [3.63, 3.8) is 0 Å². The minimum absolute atomic E-state index is 0.0460. The molecule has 8 nitrogen and oxygen atoms in total. The van der Waals surface area contributed by atoms with Crippen molar-refractivity contribution < 1.29 is 13.6 Å². The maximum Gasteiger partial charge on any atom is 0.292 e. The number of carbonyl (C=O) groups excluding carboxylic acids is 1. The quantitative estimate of drug-likeness (QED) is 0.544. The molecule has 0 bridgehead atoms. The lowest BCUT2D eigenvalue weighted by Gasteiger charge is -2.33. The van der Waals surface area contributed by atoms with Gasteiger partial charge in [-0.1, -0.05) is 6.07 Å². The number of imidazole rings is 1. The van der Waals surface area contributed by atoms with Gasteiger partial charge in [-0.2, -0.15) is 5.10 Å². The van der Waals surface area contributed by atoms with E-state index in [4.69, 9.17) is 9.52 Å². The number of pyridine rings is 1. The third-order valence-corrected chi connectivity index (χ3v) is 5.70. The maximum absolute atomic E-state index is 14.4. The predicted molar refractivity (Wildman–Crippen MR) is 110 cm³/mol. The number of H-pyrrole nitrogens is 1. The summed E-state index contributed by atoms with van der Waals surface area (Å²) < 4.78 is 21.8. The van der Waals surface area contributed by atoms with E-state index in [1.165, 1.54) is 13.8 Å². The van der Waals surface area contributed by atoms with Crippen molar-refractivity contribution in [1.82, 2.24) is 29.5 Å². The lowest BCUT2D eigenvalue weighted by Crippen LogP contribution is -2.41. The van der Waals surface area contributed by atoms with Crippen LogP contribution in [0.25, 0.3) is 5.52 Å². The third-order valence-electron chi connectivity index (χ3n) is 5.70. The number of nitrogens with zero attached hydrogens (tertiary/aromatic N) is 5. The Morgan fingerprint density at radius 3 is 2.87 bits per heavy atom. The van der Waals surface area contributed by atoms with Gasteiger partial charge >= 0.3 is 0 Å². The smallest absolute Gasteiger partial charge is 0.292 e. The van der Waals surface area contributed by atoms with Crippen LogP contribution in [0.5, 0.6) is 0 Å². The van der Waals surface area contributed by atoms with Crippen LogP contribution >= 0.6 is 0 Å². The van der Waals surface area contributed by atoms with Crippen LogP contribution in [0.3, 0.4) is 0 Å². The Morgan fingerprint density at radius 2 is 2.16 bits per heavy atom. The third kappa shape index (κ3) is 3.11. The fourth-order valence-corrected chi connectivity index (χ4v) is 4.08. The SMILES string of the molecule is Cc1nc(C(C)(C)F)oc1C(=O)N1CCc2[nH]cnc2[C@H]1c1cc2c(C)cccn2n1. The highest BCUT2D eigenvalue weighted by Crippen LogP contribution is 2.35. The number of oxazole rings is 1. The Morgan fingerprint density at radius 1 is 1.35 bits per heavy atom. The molecule has 0 unspecified atom stereocenters. The van der Waals surface area contributed by atoms with E-state index >= 15 is 0 Å². The molecule has 1 aliphatic rings. The second-order valence-electron chi connectivity index (χ2n) is 8.41. The molecule has 1 aliphatic heterocycles. The fraction of sp³-hybridized carbons (Fsp3) is 0.364. The largest absolute Gasteiger partial charge is 0.432 e. The van der Waals surface area contributed by atoms with E-state index in [1.54, 1.807) is 22.7 Å². The van der Waals surface area contributed by atoms with Crippen LogP contribution in [0.2, 0.25) is 0 Å². The minimum Gasteiger partial charge on any atom is -0.432 e. The van der Waals surface area contributed by atoms with Crippen LogP contribution in [0.1, 0.15) is 64.7 Å². The summed E-state index contributed by atoms with van der Waals surface area (Å²) in [6.07, 6.45) is 4.14. The number of aromatic amines is 1.